The Morgan fingerprint density at radius 2 is 2.00 bits per heavy atom. The number of nitrogens with two attached hydrogens (primary N) is 1. The standard InChI is InChI=1S/C12H9Br2IN4O/c13-6-1-2-9(15)10(4-6)18-12(20)8-3-7(14)5-17-11(8)19-16/h1-5H,16H2,(H,17,19)(H,18,20). The van der Waals surface area contributed by atoms with Crippen molar-refractivity contribution in [1.82, 2.24) is 4.98 Å². The lowest BCUT2D eigenvalue weighted by atomic mass is 10.2. The Morgan fingerprint density at radius 3 is 2.70 bits per heavy atom. The molecule has 0 aliphatic heterocycles. The molecule has 1 aromatic carbocycles. The van der Waals surface area contributed by atoms with Gasteiger partial charge in [-0.05, 0) is 62.8 Å². The van der Waals surface area contributed by atoms with Crippen molar-refractivity contribution in [2.75, 3.05) is 10.7 Å². The highest BCUT2D eigenvalue weighted by atomic mass is 127. The zero-order valence-electron chi connectivity index (χ0n) is 9.95. The fraction of sp³-hybridized carbons (Fsp3) is 0. The molecule has 2 rings (SSSR count). The molecule has 20 heavy (non-hydrogen) atoms. The number of rotatable bonds is 3. The van der Waals surface area contributed by atoms with Gasteiger partial charge in [-0.25, -0.2) is 10.8 Å². The molecule has 0 aliphatic carbocycles. The van der Waals surface area contributed by atoms with Crippen LogP contribution in [0.2, 0.25) is 0 Å². The van der Waals surface area contributed by atoms with Crippen LogP contribution in [0.25, 0.3) is 0 Å². The minimum atomic E-state index is -0.289. The average Bonchev–Trinajstić information content (AvgIpc) is 2.42. The maximum absolute atomic E-state index is 12.3. The molecule has 0 unspecified atom stereocenters. The van der Waals surface area contributed by atoms with Crippen molar-refractivity contribution in [2.24, 2.45) is 5.84 Å². The Morgan fingerprint density at radius 1 is 1.25 bits per heavy atom. The van der Waals surface area contributed by atoms with Crippen molar-refractivity contribution in [3.63, 3.8) is 0 Å². The van der Waals surface area contributed by atoms with E-state index in [0.717, 1.165) is 8.04 Å². The van der Waals surface area contributed by atoms with Crippen molar-refractivity contribution >= 4 is 71.9 Å². The van der Waals surface area contributed by atoms with Gasteiger partial charge in [0.05, 0.1) is 11.3 Å². The van der Waals surface area contributed by atoms with Gasteiger partial charge in [-0.1, -0.05) is 15.9 Å². The van der Waals surface area contributed by atoms with Crippen LogP contribution in [0.4, 0.5) is 11.5 Å². The average molecular weight is 512 g/mol. The van der Waals surface area contributed by atoms with Gasteiger partial charge in [0, 0.05) is 18.7 Å². The van der Waals surface area contributed by atoms with Gasteiger partial charge >= 0.3 is 0 Å². The van der Waals surface area contributed by atoms with E-state index in [0.29, 0.717) is 21.5 Å². The molecular weight excluding hydrogens is 503 g/mol. The quantitative estimate of drug-likeness (QED) is 0.333. The van der Waals surface area contributed by atoms with Crippen LogP contribution >= 0.6 is 54.5 Å². The molecule has 0 spiro atoms. The van der Waals surface area contributed by atoms with Gasteiger partial charge in [-0.2, -0.15) is 0 Å². The minimum Gasteiger partial charge on any atom is -0.321 e. The lowest BCUT2D eigenvalue weighted by molar-refractivity contribution is 0.102. The van der Waals surface area contributed by atoms with E-state index in [1.165, 1.54) is 0 Å². The number of carbonyl (C=O) groups excluding carboxylic acids is 1. The topological polar surface area (TPSA) is 80.0 Å². The number of anilines is 2. The number of aromatic nitrogens is 1. The highest BCUT2D eigenvalue weighted by molar-refractivity contribution is 14.1. The van der Waals surface area contributed by atoms with Crippen molar-refractivity contribution in [1.29, 1.82) is 0 Å². The van der Waals surface area contributed by atoms with Crippen LogP contribution < -0.4 is 16.6 Å². The van der Waals surface area contributed by atoms with Crippen LogP contribution in [0.1, 0.15) is 10.4 Å². The summed E-state index contributed by atoms with van der Waals surface area (Å²) in [6, 6.07) is 7.30. The first-order valence-electron chi connectivity index (χ1n) is 5.40. The van der Waals surface area contributed by atoms with Crippen LogP contribution in [0.5, 0.6) is 0 Å². The van der Waals surface area contributed by atoms with E-state index in [2.05, 4.69) is 70.2 Å². The lowest BCUT2D eigenvalue weighted by Crippen LogP contribution is -2.18. The Bertz CT molecular complexity index is 666. The smallest absolute Gasteiger partial charge is 0.259 e. The van der Waals surface area contributed by atoms with Crippen molar-refractivity contribution < 1.29 is 4.79 Å². The van der Waals surface area contributed by atoms with Gasteiger partial charge in [0.25, 0.3) is 5.91 Å². The Hall–Kier alpha value is -0.710. The number of nitrogens with zero attached hydrogens (tertiary/aromatic N) is 1. The molecule has 1 aromatic heterocycles. The lowest BCUT2D eigenvalue weighted by Gasteiger charge is -2.11. The fourth-order valence-corrected chi connectivity index (χ4v) is 2.67. The first kappa shape index (κ1) is 15.7. The predicted molar refractivity (Wildman–Crippen MR) is 94.6 cm³/mol. The summed E-state index contributed by atoms with van der Waals surface area (Å²) in [6.45, 7) is 0. The molecular formula is C12H9Br2IN4O. The van der Waals surface area contributed by atoms with Gasteiger partial charge in [-0.3, -0.25) is 4.79 Å². The second-order valence-corrected chi connectivity index (χ2v) is 6.77. The summed E-state index contributed by atoms with van der Waals surface area (Å²) in [5.74, 6) is 5.40. The number of carbonyl (C=O) groups is 1. The van der Waals surface area contributed by atoms with Crippen molar-refractivity contribution in [3.8, 4) is 0 Å². The first-order chi connectivity index (χ1) is 9.51. The molecule has 4 N–H and O–H groups in total. The summed E-state index contributed by atoms with van der Waals surface area (Å²) in [4.78, 5) is 16.4. The zero-order valence-corrected chi connectivity index (χ0v) is 15.3. The van der Waals surface area contributed by atoms with Crippen LogP contribution in [0, 0.1) is 3.57 Å². The predicted octanol–water partition coefficient (Wildman–Crippen LogP) is 3.75. The zero-order chi connectivity index (χ0) is 14.7. The highest BCUT2D eigenvalue weighted by Crippen LogP contribution is 2.25. The number of hydrazine groups is 1. The van der Waals surface area contributed by atoms with E-state index in [-0.39, 0.29) is 5.91 Å². The number of amides is 1. The van der Waals surface area contributed by atoms with Gasteiger partial charge in [0.15, 0.2) is 5.82 Å². The Labute approximate surface area is 146 Å². The molecule has 0 fully saturated rings. The number of nitrogen functional groups attached to an aromatic ring is 1. The number of hydrogen-bond donors (Lipinski definition) is 3. The second kappa shape index (κ2) is 6.83. The number of benzene rings is 1. The molecule has 0 radical (unpaired) electrons. The van der Waals surface area contributed by atoms with Crippen LogP contribution in [0.3, 0.4) is 0 Å². The third kappa shape index (κ3) is 3.68. The summed E-state index contributed by atoms with van der Waals surface area (Å²) in [7, 11) is 0. The summed E-state index contributed by atoms with van der Waals surface area (Å²) in [5, 5.41) is 2.84. The number of halogens is 3. The molecule has 1 heterocycles. The summed E-state index contributed by atoms with van der Waals surface area (Å²) in [6.07, 6.45) is 1.56. The van der Waals surface area contributed by atoms with Crippen molar-refractivity contribution in [2.45, 2.75) is 0 Å². The molecule has 5 nitrogen and oxygen atoms in total. The van der Waals surface area contributed by atoms with E-state index >= 15 is 0 Å². The molecule has 8 heteroatoms. The summed E-state index contributed by atoms with van der Waals surface area (Å²) >= 11 is 8.81. The van der Waals surface area contributed by atoms with Gasteiger partial charge < -0.3 is 10.7 Å². The monoisotopic (exact) mass is 510 g/mol. The first-order valence-corrected chi connectivity index (χ1v) is 8.06. The highest BCUT2D eigenvalue weighted by Gasteiger charge is 2.14. The molecule has 0 aliphatic rings. The van der Waals surface area contributed by atoms with E-state index in [1.54, 1.807) is 12.3 Å². The van der Waals surface area contributed by atoms with Gasteiger partial charge in [0.1, 0.15) is 0 Å². The van der Waals surface area contributed by atoms with E-state index in [1.807, 2.05) is 18.2 Å². The molecule has 0 bridgehead atoms. The minimum absolute atomic E-state index is 0.289. The summed E-state index contributed by atoms with van der Waals surface area (Å²) in [5.41, 5.74) is 3.49. The van der Waals surface area contributed by atoms with Crippen LogP contribution in [-0.2, 0) is 0 Å². The molecule has 2 aromatic rings. The molecule has 104 valence electrons. The number of hydrogen-bond acceptors (Lipinski definition) is 4. The Kier molecular flexibility index (Phi) is 5.35. The fourth-order valence-electron chi connectivity index (χ4n) is 1.51. The number of pyridine rings is 1. The van der Waals surface area contributed by atoms with Crippen LogP contribution in [0.15, 0.2) is 39.4 Å². The van der Waals surface area contributed by atoms with Crippen LogP contribution in [-0.4, -0.2) is 10.9 Å². The van der Waals surface area contributed by atoms with E-state index < -0.39 is 0 Å². The second-order valence-electron chi connectivity index (χ2n) is 3.77. The van der Waals surface area contributed by atoms with E-state index in [4.69, 9.17) is 5.84 Å². The maximum atomic E-state index is 12.3. The molecule has 0 saturated heterocycles. The van der Waals surface area contributed by atoms with Gasteiger partial charge in [0.2, 0.25) is 0 Å². The molecule has 1 amide bonds. The van der Waals surface area contributed by atoms with Gasteiger partial charge in [-0.15, -0.1) is 0 Å². The van der Waals surface area contributed by atoms with E-state index in [9.17, 15) is 4.79 Å². The summed E-state index contributed by atoms with van der Waals surface area (Å²) < 4.78 is 2.52. The molecule has 0 atom stereocenters. The Balaban J connectivity index is 2.32. The largest absolute Gasteiger partial charge is 0.321 e. The SMILES string of the molecule is NNc1ncc(Br)cc1C(=O)Nc1cc(Br)ccc1I. The van der Waals surface area contributed by atoms with Crippen molar-refractivity contribution in [3.05, 3.63) is 48.5 Å². The molecule has 0 saturated carbocycles. The maximum Gasteiger partial charge on any atom is 0.259 e. The third-order valence-electron chi connectivity index (χ3n) is 2.41. The third-order valence-corrected chi connectivity index (χ3v) is 4.28. The normalized spacial score (nSPS) is 10.2. The number of nitrogens with one attached hydrogen (secondary N) is 2.